The molecule has 0 amide bonds. The molecule has 0 aliphatic rings. The summed E-state index contributed by atoms with van der Waals surface area (Å²) in [6.45, 7) is 0. The van der Waals surface area contributed by atoms with Gasteiger partial charge in [0, 0.05) is 89.9 Å². The van der Waals surface area contributed by atoms with Crippen LogP contribution in [0, 0.1) is 0 Å². The molecule has 0 atom stereocenters. The summed E-state index contributed by atoms with van der Waals surface area (Å²) in [5, 5.41) is 13.3. The third-order valence-electron chi connectivity index (χ3n) is 24.2. The van der Waals surface area contributed by atoms with Crippen LogP contribution in [0.4, 0.5) is 0 Å². The summed E-state index contributed by atoms with van der Waals surface area (Å²) in [5.74, 6) is 6.61. The van der Waals surface area contributed by atoms with Gasteiger partial charge in [0.1, 0.15) is 45.0 Å². The Morgan fingerprint density at radius 3 is 0.803 bits per heavy atom. The molecule has 0 aliphatic heterocycles. The van der Waals surface area contributed by atoms with E-state index in [9.17, 15) is 0 Å². The van der Waals surface area contributed by atoms with Gasteiger partial charge < -0.3 is 17.8 Å². The maximum absolute atomic E-state index is 6.49. The first-order chi connectivity index (χ1) is 65.4. The second-order valence-electron chi connectivity index (χ2n) is 32.0. The molecular formula is C113H68N16O3. The highest BCUT2D eigenvalue weighted by Crippen LogP contribution is 2.46. The van der Waals surface area contributed by atoms with Crippen molar-refractivity contribution in [2.24, 2.45) is 0 Å². The Morgan fingerprint density at radius 1 is 0.167 bits per heavy atom. The topological polar surface area (TPSA) is 222 Å². The van der Waals surface area contributed by atoms with Gasteiger partial charge in [-0.15, -0.1) is 0 Å². The number of aromatic nitrogens is 16. The summed E-state index contributed by atoms with van der Waals surface area (Å²) in [7, 11) is 0. The molecule has 27 rings (SSSR count). The molecule has 0 fully saturated rings. The minimum absolute atomic E-state index is 0.510. The number of rotatable bonds is 12. The molecule has 0 bridgehead atoms. The van der Waals surface area contributed by atoms with Crippen LogP contribution in [0.3, 0.4) is 0 Å². The molecule has 12 aromatic heterocycles. The molecule has 0 saturated carbocycles. The minimum atomic E-state index is 0.510. The number of hydrogen-bond donors (Lipinski definition) is 0. The lowest BCUT2D eigenvalue weighted by Gasteiger charge is -2.10. The molecule has 0 aliphatic carbocycles. The maximum Gasteiger partial charge on any atom is 0.234 e. The number of hydrogen-bond acceptors (Lipinski definition) is 16. The Bertz CT molecular complexity index is 8110. The van der Waals surface area contributed by atoms with Crippen LogP contribution in [0.5, 0.6) is 0 Å². The molecular weight excluding hydrogens is 1630 g/mol. The smallest absolute Gasteiger partial charge is 0.234 e. The van der Waals surface area contributed by atoms with E-state index in [1.54, 1.807) is 12.4 Å². The van der Waals surface area contributed by atoms with Gasteiger partial charge in [-0.25, -0.2) is 59.8 Å². The molecule has 27 aromatic rings. The molecule has 0 unspecified atom stereocenters. The summed E-state index contributed by atoms with van der Waals surface area (Å²) in [4.78, 5) is 63.1. The monoisotopic (exact) mass is 1700 g/mol. The number of fused-ring (bicyclic) bond motifs is 6. The van der Waals surface area contributed by atoms with Crippen LogP contribution in [0.1, 0.15) is 0 Å². The zero-order valence-electron chi connectivity index (χ0n) is 70.1. The fourth-order valence-corrected chi connectivity index (χ4v) is 18.2. The summed E-state index contributed by atoms with van der Waals surface area (Å²) in [6, 6.07) is 130. The Kier molecular flexibility index (Phi) is 18.3. The normalized spacial score (nSPS) is 11.6. The highest BCUT2D eigenvalue weighted by Gasteiger charge is 2.26. The third kappa shape index (κ3) is 13.3. The number of para-hydroxylation sites is 3. The molecule has 132 heavy (non-hydrogen) atoms. The number of benzene rings is 15. The van der Waals surface area contributed by atoms with Gasteiger partial charge in [0.05, 0.1) is 66.7 Å². The summed E-state index contributed by atoms with van der Waals surface area (Å²) < 4.78 is 26.0. The summed E-state index contributed by atoms with van der Waals surface area (Å²) >= 11 is 0. The molecule has 0 N–H and O–H groups in total. The molecule has 12 heterocycles. The zero-order chi connectivity index (χ0) is 87.1. The minimum Gasteiger partial charge on any atom is -0.456 e. The van der Waals surface area contributed by atoms with Crippen LogP contribution in [-0.2, 0) is 0 Å². The second-order valence-corrected chi connectivity index (χ2v) is 32.0. The van der Waals surface area contributed by atoms with Crippen LogP contribution < -0.4 is 0 Å². The zero-order valence-corrected chi connectivity index (χ0v) is 70.1. The number of nitrogens with zero attached hydrogens (tertiary/aromatic N) is 16. The van der Waals surface area contributed by atoms with E-state index in [0.717, 1.165) is 176 Å². The van der Waals surface area contributed by atoms with Gasteiger partial charge in [-0.2, -0.15) is 0 Å². The Labute approximate surface area is 751 Å². The fraction of sp³-hybridized carbons (Fsp3) is 0. The van der Waals surface area contributed by atoms with E-state index >= 15 is 0 Å². The van der Waals surface area contributed by atoms with Crippen molar-refractivity contribution in [1.82, 2.24) is 78.5 Å². The van der Waals surface area contributed by atoms with Crippen molar-refractivity contribution >= 4 is 131 Å². The van der Waals surface area contributed by atoms with Crippen molar-refractivity contribution in [3.8, 4) is 120 Å². The molecule has 0 spiro atoms. The van der Waals surface area contributed by atoms with E-state index in [1.165, 1.54) is 5.39 Å². The van der Waals surface area contributed by atoms with Crippen molar-refractivity contribution in [2.45, 2.75) is 0 Å². The molecule has 618 valence electrons. The molecule has 19 nitrogen and oxygen atoms in total. The van der Waals surface area contributed by atoms with E-state index in [4.69, 9.17) is 78.0 Å². The SMILES string of the molecule is c1ccc(-c2nc(-c3ccccc3)nc(-c3ccc(-n4c5cccc6oc7ccccc7c7cccc4c7c65)cn3)n2)cc1.c1ccc(-c2nc(-c3ccccc3)nc(-c3ccc(-n4c5cccc6oc7ccccc7c7cccc4c7c65)nc3)n2)cc1.c1ccc(-c2nc(-c3ccccc3)nc(-c3cnc(-n4c5cccc6oc7ccccc7c7cccc4c7c65)nc3)n2)cc1. The van der Waals surface area contributed by atoms with E-state index in [1.807, 2.05) is 291 Å². The van der Waals surface area contributed by atoms with Gasteiger partial charge in [0.15, 0.2) is 52.4 Å². The van der Waals surface area contributed by atoms with Crippen molar-refractivity contribution in [2.75, 3.05) is 0 Å². The lowest BCUT2D eigenvalue weighted by atomic mass is 10.1. The third-order valence-corrected chi connectivity index (χ3v) is 24.2. The van der Waals surface area contributed by atoms with E-state index in [2.05, 4.69) is 123 Å². The average Bonchev–Trinajstić information content (AvgIpc) is 1.57. The first-order valence-corrected chi connectivity index (χ1v) is 43.3. The van der Waals surface area contributed by atoms with E-state index in [-0.39, 0.29) is 0 Å². The predicted octanol–water partition coefficient (Wildman–Crippen LogP) is 27.2. The van der Waals surface area contributed by atoms with Crippen LogP contribution >= 0.6 is 0 Å². The van der Waals surface area contributed by atoms with Crippen LogP contribution in [0.15, 0.2) is 426 Å². The lowest BCUT2D eigenvalue weighted by Crippen LogP contribution is -2.03. The largest absolute Gasteiger partial charge is 0.456 e. The summed E-state index contributed by atoms with van der Waals surface area (Å²) in [6.07, 6.45) is 7.30. The Morgan fingerprint density at radius 2 is 0.447 bits per heavy atom. The highest BCUT2D eigenvalue weighted by molar-refractivity contribution is 6.29. The molecule has 19 heteroatoms. The van der Waals surface area contributed by atoms with Crippen molar-refractivity contribution in [3.63, 3.8) is 0 Å². The van der Waals surface area contributed by atoms with Crippen molar-refractivity contribution in [1.29, 1.82) is 0 Å². The number of pyridine rings is 2. The van der Waals surface area contributed by atoms with Gasteiger partial charge in [-0.1, -0.05) is 291 Å². The summed E-state index contributed by atoms with van der Waals surface area (Å²) in [5.41, 5.74) is 20.0. The Balaban J connectivity index is 0.000000106. The van der Waals surface area contributed by atoms with Crippen LogP contribution in [0.2, 0.25) is 0 Å². The predicted molar refractivity (Wildman–Crippen MR) is 524 cm³/mol. The average molecular weight is 1700 g/mol. The standard InChI is InChI=1S/2C38H23N5O.C37H22N6O/c1-3-11-24(12-4-1)36-40-37(25-13-5-2-6-14-25)42-38(41-36)29-22-21-26(23-39-29)43-30-17-9-16-28-27-15-7-8-19-32(27)44-33-20-10-18-31(43)35(33)34(28)30;1-3-11-24(12-4-1)36-40-37(25-13-5-2-6-14-25)42-38(41-36)26-21-22-33(39-23-26)43-29-17-9-16-28-27-15-7-8-19-31(27)44-32-20-10-18-30(43)35(32)34(28)29;1-3-11-23(12-4-1)34-40-35(24-13-5-2-6-14-24)42-36(41-34)25-21-38-37(39-22-25)43-28-17-9-16-27-26-15-7-8-19-30(26)44-31-20-10-18-29(43)33(31)32(27)28/h2*1-23H;1-22H. The van der Waals surface area contributed by atoms with Crippen LogP contribution in [0.25, 0.3) is 251 Å². The van der Waals surface area contributed by atoms with Crippen LogP contribution in [-0.4, -0.2) is 78.5 Å². The lowest BCUT2D eigenvalue weighted by molar-refractivity contribution is 0.663. The van der Waals surface area contributed by atoms with Crippen molar-refractivity contribution in [3.05, 3.63) is 413 Å². The van der Waals surface area contributed by atoms with E-state index < -0.39 is 0 Å². The first-order valence-electron chi connectivity index (χ1n) is 43.3. The second kappa shape index (κ2) is 31.9. The molecule has 0 radical (unpaired) electrons. The fourth-order valence-electron chi connectivity index (χ4n) is 18.2. The van der Waals surface area contributed by atoms with Gasteiger partial charge in [0.25, 0.3) is 0 Å². The van der Waals surface area contributed by atoms with Gasteiger partial charge in [0.2, 0.25) is 5.95 Å². The van der Waals surface area contributed by atoms with Crippen molar-refractivity contribution < 1.29 is 13.3 Å². The first kappa shape index (κ1) is 76.0. The van der Waals surface area contributed by atoms with E-state index in [0.29, 0.717) is 69.6 Å². The quantitative estimate of drug-likeness (QED) is 0.111. The Hall–Kier alpha value is -18.5. The molecule has 15 aromatic carbocycles. The maximum atomic E-state index is 6.49. The van der Waals surface area contributed by atoms with Gasteiger partial charge in [-0.05, 0) is 113 Å². The van der Waals surface area contributed by atoms with Gasteiger partial charge >= 0.3 is 0 Å². The molecule has 0 saturated heterocycles. The highest BCUT2D eigenvalue weighted by atomic mass is 16.3. The van der Waals surface area contributed by atoms with Gasteiger partial charge in [-0.3, -0.25) is 14.1 Å².